The summed E-state index contributed by atoms with van der Waals surface area (Å²) < 4.78 is 45.8. The number of nitrogens with two attached hydrogens (primary N) is 1. The minimum atomic E-state index is -4.35. The first-order valence-corrected chi connectivity index (χ1v) is 15.3. The van der Waals surface area contributed by atoms with Crippen LogP contribution >= 0.6 is 11.8 Å². The number of rotatable bonds is 8. The van der Waals surface area contributed by atoms with E-state index >= 15 is 0 Å². The third-order valence-corrected chi connectivity index (χ3v) is 9.82. The number of para-hydroxylation sites is 2. The van der Waals surface area contributed by atoms with Crippen LogP contribution in [0.5, 0.6) is 11.5 Å². The number of fused-ring (bicyclic) bond motifs is 1. The quantitative estimate of drug-likeness (QED) is 0.301. The molecular weight excluding hydrogens is 576 g/mol. The molecule has 0 radical (unpaired) electrons. The molecule has 1 atom stereocenters. The fourth-order valence-corrected chi connectivity index (χ4v) is 7.64. The van der Waals surface area contributed by atoms with Gasteiger partial charge < -0.3 is 19.9 Å². The highest BCUT2D eigenvalue weighted by Gasteiger charge is 2.41. The van der Waals surface area contributed by atoms with Crippen LogP contribution in [0.25, 0.3) is 11.0 Å². The largest absolute Gasteiger partial charge is 0.496 e. The SMILES string of the molecule is CCOC(=O)C1=c2/c(=C/c3ccccc3OC)c(N)c(S(=O)(=O)c3ccccc3)n2C(=O)[C@@H](c2ccccc2OC)S1. The molecule has 3 aromatic carbocycles. The van der Waals surface area contributed by atoms with Crippen LogP contribution in [-0.4, -0.2) is 45.7 Å². The number of hydrogen-bond acceptors (Lipinski definition) is 9. The number of nitrogen functional groups attached to an aromatic ring is 1. The van der Waals surface area contributed by atoms with Gasteiger partial charge in [-0.05, 0) is 37.3 Å². The lowest BCUT2D eigenvalue weighted by Crippen LogP contribution is -2.42. The second-order valence-electron chi connectivity index (χ2n) is 9.15. The molecule has 1 aliphatic heterocycles. The van der Waals surface area contributed by atoms with Crippen LogP contribution in [0.3, 0.4) is 0 Å². The van der Waals surface area contributed by atoms with Crippen LogP contribution in [-0.2, 0) is 19.4 Å². The van der Waals surface area contributed by atoms with Crippen molar-refractivity contribution in [2.24, 2.45) is 0 Å². The zero-order valence-electron chi connectivity index (χ0n) is 23.1. The maximum Gasteiger partial charge on any atom is 0.346 e. The molecule has 0 bridgehead atoms. The smallest absolute Gasteiger partial charge is 0.346 e. The van der Waals surface area contributed by atoms with E-state index in [4.69, 9.17) is 19.9 Å². The van der Waals surface area contributed by atoms with E-state index in [2.05, 4.69) is 0 Å². The predicted molar refractivity (Wildman–Crippen MR) is 161 cm³/mol. The van der Waals surface area contributed by atoms with Crippen LogP contribution in [0, 0.1) is 0 Å². The Hall–Kier alpha value is -4.48. The van der Waals surface area contributed by atoms with Crippen molar-refractivity contribution >= 4 is 50.1 Å². The number of benzene rings is 3. The molecule has 0 saturated carbocycles. The number of esters is 1. The normalized spacial score (nSPS) is 15.3. The molecule has 0 saturated heterocycles. The molecule has 0 aliphatic carbocycles. The third-order valence-electron chi connectivity index (χ3n) is 6.73. The van der Waals surface area contributed by atoms with Gasteiger partial charge in [-0.15, -0.1) is 0 Å². The topological polar surface area (TPSA) is 127 Å². The predicted octanol–water partition coefficient (Wildman–Crippen LogP) is 3.55. The first-order chi connectivity index (χ1) is 20.2. The van der Waals surface area contributed by atoms with E-state index in [0.29, 0.717) is 22.6 Å². The number of aromatic nitrogens is 1. The van der Waals surface area contributed by atoms with Crippen molar-refractivity contribution in [3.8, 4) is 11.5 Å². The molecule has 0 fully saturated rings. The maximum absolute atomic E-state index is 14.4. The van der Waals surface area contributed by atoms with Gasteiger partial charge >= 0.3 is 5.97 Å². The number of ether oxygens (including phenoxy) is 3. The summed E-state index contributed by atoms with van der Waals surface area (Å²) in [5.74, 6) is -0.424. The fourth-order valence-electron chi connectivity index (χ4n) is 4.85. The van der Waals surface area contributed by atoms with Crippen LogP contribution in [0.1, 0.15) is 28.1 Å². The van der Waals surface area contributed by atoms with Crippen molar-refractivity contribution < 1.29 is 32.2 Å². The highest BCUT2D eigenvalue weighted by molar-refractivity contribution is 8.10. The summed E-state index contributed by atoms with van der Waals surface area (Å²) in [6.07, 6.45) is 1.61. The molecule has 0 unspecified atom stereocenters. The van der Waals surface area contributed by atoms with Gasteiger partial charge in [0.15, 0.2) is 5.03 Å². The molecule has 11 heteroatoms. The van der Waals surface area contributed by atoms with Crippen molar-refractivity contribution in [1.29, 1.82) is 0 Å². The number of carbonyl (C=O) groups excluding carboxylic acids is 2. The van der Waals surface area contributed by atoms with Crippen molar-refractivity contribution in [2.45, 2.75) is 22.1 Å². The second-order valence-corrected chi connectivity index (χ2v) is 12.1. The molecule has 5 rings (SSSR count). The maximum atomic E-state index is 14.4. The Morgan fingerprint density at radius 1 is 0.952 bits per heavy atom. The van der Waals surface area contributed by atoms with E-state index in [1.165, 1.54) is 26.4 Å². The standard InChI is InChI=1S/C31H28N2O7S2/c1-4-40-31(35)28-26-22(18-19-12-8-10-16-23(19)38-2)25(32)30(42(36,37)20-13-6-5-7-14-20)33(26)29(34)27(41-28)21-15-9-11-17-24(21)39-3/h5-18,27H,4,32H2,1-3H3/b22-18+/t27-/m1/s1. The summed E-state index contributed by atoms with van der Waals surface area (Å²) in [4.78, 5) is 27.9. The first-order valence-electron chi connectivity index (χ1n) is 12.9. The van der Waals surface area contributed by atoms with Gasteiger partial charge in [-0.3, -0.25) is 9.36 Å². The number of carbonyl (C=O) groups is 2. The van der Waals surface area contributed by atoms with Crippen molar-refractivity contribution in [3.63, 3.8) is 0 Å². The van der Waals surface area contributed by atoms with Gasteiger partial charge in [0, 0.05) is 16.3 Å². The van der Waals surface area contributed by atoms with Crippen molar-refractivity contribution in [2.75, 3.05) is 26.6 Å². The Bertz CT molecular complexity index is 1920. The molecule has 0 spiro atoms. The Morgan fingerprint density at radius 3 is 2.24 bits per heavy atom. The lowest BCUT2D eigenvalue weighted by Gasteiger charge is -2.25. The number of anilines is 1. The highest BCUT2D eigenvalue weighted by Crippen LogP contribution is 2.43. The first kappa shape index (κ1) is 29.0. The molecule has 1 aliphatic rings. The average Bonchev–Trinajstić information content (AvgIpc) is 3.30. The van der Waals surface area contributed by atoms with Gasteiger partial charge in [-0.1, -0.05) is 66.4 Å². The molecule has 1 aromatic heterocycles. The molecule has 2 heterocycles. The van der Waals surface area contributed by atoms with Crippen LogP contribution in [0.15, 0.2) is 88.8 Å². The van der Waals surface area contributed by atoms with E-state index in [-0.39, 0.29) is 32.7 Å². The monoisotopic (exact) mass is 604 g/mol. The van der Waals surface area contributed by atoms with Gasteiger partial charge in [0.2, 0.25) is 15.7 Å². The van der Waals surface area contributed by atoms with Gasteiger partial charge in [-0.25, -0.2) is 13.2 Å². The van der Waals surface area contributed by atoms with E-state index in [1.807, 2.05) is 0 Å². The van der Waals surface area contributed by atoms with E-state index in [0.717, 1.165) is 16.3 Å². The highest BCUT2D eigenvalue weighted by atomic mass is 32.2. The minimum absolute atomic E-state index is 0.0347. The molecule has 216 valence electrons. The number of sulfone groups is 1. The molecule has 42 heavy (non-hydrogen) atoms. The van der Waals surface area contributed by atoms with Crippen LogP contribution in [0.4, 0.5) is 5.69 Å². The minimum Gasteiger partial charge on any atom is -0.496 e. The summed E-state index contributed by atoms with van der Waals surface area (Å²) in [5, 5.41) is -1.26. The average molecular weight is 605 g/mol. The summed E-state index contributed by atoms with van der Waals surface area (Å²) in [5.41, 5.74) is 7.51. The molecule has 2 N–H and O–H groups in total. The van der Waals surface area contributed by atoms with Crippen LogP contribution < -0.4 is 25.8 Å². The number of hydrogen-bond donors (Lipinski definition) is 1. The molecule has 4 aromatic rings. The number of nitrogens with zero attached hydrogens (tertiary/aromatic N) is 1. The Labute approximate surface area is 247 Å². The second kappa shape index (κ2) is 11.8. The molecule has 9 nitrogen and oxygen atoms in total. The summed E-state index contributed by atoms with van der Waals surface area (Å²) in [6.45, 7) is 1.72. The number of thioether (sulfide) groups is 1. The van der Waals surface area contributed by atoms with E-state index in [9.17, 15) is 18.0 Å². The Morgan fingerprint density at radius 2 is 1.57 bits per heavy atom. The van der Waals surface area contributed by atoms with Gasteiger partial charge in [0.1, 0.15) is 21.7 Å². The summed E-state index contributed by atoms with van der Waals surface area (Å²) >= 11 is 0.966. The fraction of sp³-hybridized carbons (Fsp3) is 0.161. The van der Waals surface area contributed by atoms with Crippen molar-refractivity contribution in [3.05, 3.63) is 101 Å². The van der Waals surface area contributed by atoms with Crippen molar-refractivity contribution in [1.82, 2.24) is 4.57 Å². The summed E-state index contributed by atoms with van der Waals surface area (Å²) in [7, 11) is -1.38. The van der Waals surface area contributed by atoms with E-state index < -0.39 is 32.0 Å². The van der Waals surface area contributed by atoms with Gasteiger partial charge in [0.05, 0.1) is 36.8 Å². The van der Waals surface area contributed by atoms with E-state index in [1.54, 1.807) is 79.7 Å². The molecule has 0 amide bonds. The Kier molecular flexibility index (Phi) is 8.15. The lowest BCUT2D eigenvalue weighted by molar-refractivity contribution is -0.135. The lowest BCUT2D eigenvalue weighted by atomic mass is 10.1. The molecular formula is C31H28N2O7S2. The zero-order chi connectivity index (χ0) is 30.0. The third kappa shape index (κ3) is 4.94. The Balaban J connectivity index is 1.95. The van der Waals surface area contributed by atoms with Crippen LogP contribution in [0.2, 0.25) is 0 Å². The van der Waals surface area contributed by atoms with Gasteiger partial charge in [-0.2, -0.15) is 0 Å². The zero-order valence-corrected chi connectivity index (χ0v) is 24.7. The van der Waals surface area contributed by atoms with Gasteiger partial charge in [0.25, 0.3) is 0 Å². The summed E-state index contributed by atoms with van der Waals surface area (Å²) in [6, 6.07) is 21.6. The number of methoxy groups -OCH3 is 2.